The van der Waals surface area contributed by atoms with E-state index < -0.39 is 5.82 Å². The van der Waals surface area contributed by atoms with Crippen LogP contribution in [0, 0.1) is 30.0 Å². The number of rotatable bonds is 3. The normalized spacial score (nSPS) is 12.6. The fourth-order valence-corrected chi connectivity index (χ4v) is 2.66. The van der Waals surface area contributed by atoms with E-state index in [1.54, 1.807) is 25.3 Å². The van der Waals surface area contributed by atoms with Crippen molar-refractivity contribution in [2.24, 2.45) is 5.92 Å². The largest absolute Gasteiger partial charge is 0.397 e. The van der Waals surface area contributed by atoms with Crippen LogP contribution in [0.25, 0.3) is 21.9 Å². The maximum atomic E-state index is 14.7. The summed E-state index contributed by atoms with van der Waals surface area (Å²) in [6, 6.07) is 5.40. The molecule has 8 heteroatoms. The summed E-state index contributed by atoms with van der Waals surface area (Å²) in [6.07, 6.45) is 7.30. The maximum absolute atomic E-state index is 14.7. The van der Waals surface area contributed by atoms with Crippen LogP contribution in [-0.2, 0) is 4.79 Å². The van der Waals surface area contributed by atoms with Gasteiger partial charge in [-0.1, -0.05) is 0 Å². The summed E-state index contributed by atoms with van der Waals surface area (Å²) >= 11 is 0. The number of nitrogens with one attached hydrogen (secondary N) is 1. The quantitative estimate of drug-likeness (QED) is 0.473. The van der Waals surface area contributed by atoms with Crippen molar-refractivity contribution in [1.29, 1.82) is 5.26 Å². The molecular formula is C20H19FN6O. The Morgan fingerprint density at radius 1 is 1.25 bits per heavy atom. The van der Waals surface area contributed by atoms with Crippen molar-refractivity contribution in [1.82, 2.24) is 9.97 Å². The van der Waals surface area contributed by atoms with Crippen LogP contribution in [0.15, 0.2) is 30.7 Å². The first-order chi connectivity index (χ1) is 13.5. The Hall–Kier alpha value is -3.73. The third-order valence-corrected chi connectivity index (χ3v) is 4.51. The molecule has 7 nitrogen and oxygen atoms in total. The fraction of sp³-hybridized carbons (Fsp3) is 0.200. The lowest BCUT2D eigenvalue weighted by molar-refractivity contribution is -0.105. The van der Waals surface area contributed by atoms with Crippen LogP contribution in [0.4, 0.5) is 21.6 Å². The molecule has 0 aliphatic heterocycles. The molecule has 0 bridgehead atoms. The SMILES string of the molecule is Cc1c(N)cncc1-c1cc2cc(NC=O)ncc2c(N)c1F.N#CC1CC1. The summed E-state index contributed by atoms with van der Waals surface area (Å²) < 4.78 is 14.7. The topological polar surface area (TPSA) is 131 Å². The second kappa shape index (κ2) is 7.88. The molecule has 0 saturated heterocycles. The van der Waals surface area contributed by atoms with Gasteiger partial charge in [-0.3, -0.25) is 9.78 Å². The van der Waals surface area contributed by atoms with Gasteiger partial charge >= 0.3 is 0 Å². The number of amides is 1. The average molecular weight is 378 g/mol. The number of benzene rings is 1. The van der Waals surface area contributed by atoms with Crippen LogP contribution >= 0.6 is 0 Å². The van der Waals surface area contributed by atoms with Crippen molar-refractivity contribution in [2.45, 2.75) is 19.8 Å². The molecule has 4 rings (SSSR count). The zero-order valence-corrected chi connectivity index (χ0v) is 15.2. The maximum Gasteiger partial charge on any atom is 0.212 e. The van der Waals surface area contributed by atoms with Crippen LogP contribution in [0.5, 0.6) is 0 Å². The predicted molar refractivity (Wildman–Crippen MR) is 107 cm³/mol. The van der Waals surface area contributed by atoms with Crippen molar-refractivity contribution in [3.05, 3.63) is 42.1 Å². The third kappa shape index (κ3) is 3.83. The number of halogens is 1. The first-order valence-corrected chi connectivity index (χ1v) is 8.64. The number of nitrogen functional groups attached to an aromatic ring is 2. The first kappa shape index (κ1) is 19.0. The lowest BCUT2D eigenvalue weighted by Crippen LogP contribution is -2.01. The highest BCUT2D eigenvalue weighted by atomic mass is 19.1. The van der Waals surface area contributed by atoms with E-state index in [1.807, 2.05) is 0 Å². The molecule has 1 saturated carbocycles. The van der Waals surface area contributed by atoms with Gasteiger partial charge in [0.2, 0.25) is 6.41 Å². The Kier molecular flexibility index (Phi) is 5.36. The molecule has 2 aromatic heterocycles. The molecule has 1 aliphatic rings. The zero-order valence-electron chi connectivity index (χ0n) is 15.2. The summed E-state index contributed by atoms with van der Waals surface area (Å²) in [5.74, 6) is 0.243. The molecule has 5 N–H and O–H groups in total. The van der Waals surface area contributed by atoms with E-state index in [1.165, 1.54) is 12.4 Å². The van der Waals surface area contributed by atoms with E-state index in [9.17, 15) is 9.18 Å². The number of anilines is 3. The van der Waals surface area contributed by atoms with Crippen molar-refractivity contribution in [3.63, 3.8) is 0 Å². The van der Waals surface area contributed by atoms with Crippen LogP contribution in [0.2, 0.25) is 0 Å². The molecule has 2 heterocycles. The number of hydrogen-bond donors (Lipinski definition) is 3. The van der Waals surface area contributed by atoms with Crippen LogP contribution in [0.3, 0.4) is 0 Å². The minimum absolute atomic E-state index is 0.00974. The number of carbonyl (C=O) groups is 1. The van der Waals surface area contributed by atoms with Crippen LogP contribution in [-0.4, -0.2) is 16.4 Å². The lowest BCUT2D eigenvalue weighted by atomic mass is 9.97. The minimum Gasteiger partial charge on any atom is -0.397 e. The van der Waals surface area contributed by atoms with Crippen LogP contribution in [0.1, 0.15) is 18.4 Å². The molecule has 3 aromatic rings. The molecule has 0 spiro atoms. The molecule has 1 aliphatic carbocycles. The van der Waals surface area contributed by atoms with Gasteiger partial charge in [0.1, 0.15) is 5.82 Å². The summed E-state index contributed by atoms with van der Waals surface area (Å²) in [5.41, 5.74) is 13.8. The molecule has 1 amide bonds. The Morgan fingerprint density at radius 3 is 2.61 bits per heavy atom. The Morgan fingerprint density at radius 2 is 2.00 bits per heavy atom. The van der Waals surface area contributed by atoms with Crippen molar-refractivity contribution in [2.75, 3.05) is 16.8 Å². The number of hydrogen-bond acceptors (Lipinski definition) is 6. The van der Waals surface area contributed by atoms with E-state index in [0.29, 0.717) is 45.7 Å². The van der Waals surface area contributed by atoms with Gasteiger partial charge in [0.15, 0.2) is 5.82 Å². The second-order valence-electron chi connectivity index (χ2n) is 6.51. The second-order valence-corrected chi connectivity index (χ2v) is 6.51. The Labute approximate surface area is 161 Å². The number of nitrogens with two attached hydrogens (primary N) is 2. The van der Waals surface area contributed by atoms with E-state index >= 15 is 0 Å². The number of carbonyl (C=O) groups excluding carboxylic acids is 1. The Balaban J connectivity index is 0.000000391. The number of pyridine rings is 2. The van der Waals surface area contributed by atoms with Gasteiger partial charge in [0, 0.05) is 34.8 Å². The fourth-order valence-electron chi connectivity index (χ4n) is 2.66. The molecule has 28 heavy (non-hydrogen) atoms. The molecule has 0 radical (unpaired) electrons. The van der Waals surface area contributed by atoms with Gasteiger partial charge in [-0.25, -0.2) is 9.37 Å². The van der Waals surface area contributed by atoms with Gasteiger partial charge in [-0.2, -0.15) is 5.26 Å². The average Bonchev–Trinajstić information content (AvgIpc) is 3.52. The zero-order chi connectivity index (χ0) is 20.3. The van der Waals surface area contributed by atoms with Gasteiger partial charge in [0.25, 0.3) is 0 Å². The summed E-state index contributed by atoms with van der Waals surface area (Å²) in [6.45, 7) is 1.79. The van der Waals surface area contributed by atoms with Crippen LogP contribution < -0.4 is 16.8 Å². The molecule has 1 aromatic carbocycles. The molecule has 0 unspecified atom stereocenters. The number of fused-ring (bicyclic) bond motifs is 1. The summed E-state index contributed by atoms with van der Waals surface area (Å²) in [4.78, 5) is 18.6. The molecular weight excluding hydrogens is 359 g/mol. The predicted octanol–water partition coefficient (Wildman–Crippen LogP) is 3.40. The Bertz CT molecular complexity index is 1090. The van der Waals surface area contributed by atoms with E-state index in [4.69, 9.17) is 16.7 Å². The van der Waals surface area contributed by atoms with Gasteiger partial charge in [0.05, 0.1) is 23.6 Å². The summed E-state index contributed by atoms with van der Waals surface area (Å²) in [7, 11) is 0. The monoisotopic (exact) mass is 378 g/mol. The highest BCUT2D eigenvalue weighted by Gasteiger charge is 2.19. The number of nitrogens with zero attached hydrogens (tertiary/aromatic N) is 3. The van der Waals surface area contributed by atoms with E-state index in [0.717, 1.165) is 18.4 Å². The highest BCUT2D eigenvalue weighted by molar-refractivity contribution is 5.98. The summed E-state index contributed by atoms with van der Waals surface area (Å²) in [5, 5.41) is 11.5. The van der Waals surface area contributed by atoms with Gasteiger partial charge in [-0.15, -0.1) is 0 Å². The first-order valence-electron chi connectivity index (χ1n) is 8.64. The molecule has 1 fully saturated rings. The third-order valence-electron chi connectivity index (χ3n) is 4.51. The number of nitriles is 1. The van der Waals surface area contributed by atoms with E-state index in [-0.39, 0.29) is 5.69 Å². The lowest BCUT2D eigenvalue weighted by Gasteiger charge is -2.13. The minimum atomic E-state index is -0.550. The smallest absolute Gasteiger partial charge is 0.212 e. The standard InChI is InChI=1S/C16H14FN5O.C4H5N/c1-8-11(4-20-6-13(8)18)10-2-9-3-14(22-7-23)21-5-12(9)16(19)15(10)17;5-3-4-1-2-4/h2-7H,18-19H2,1H3,(H,21,22,23);4H,1-2H2. The number of aromatic nitrogens is 2. The van der Waals surface area contributed by atoms with Gasteiger partial charge < -0.3 is 16.8 Å². The highest BCUT2D eigenvalue weighted by Crippen LogP contribution is 2.35. The van der Waals surface area contributed by atoms with Gasteiger partial charge in [-0.05, 0) is 42.8 Å². The van der Waals surface area contributed by atoms with Crippen molar-refractivity contribution < 1.29 is 9.18 Å². The van der Waals surface area contributed by atoms with Crippen molar-refractivity contribution >= 4 is 34.4 Å². The van der Waals surface area contributed by atoms with E-state index in [2.05, 4.69) is 21.4 Å². The van der Waals surface area contributed by atoms with Crippen molar-refractivity contribution in [3.8, 4) is 17.2 Å². The molecule has 142 valence electrons. The molecule has 0 atom stereocenters.